The third-order valence-corrected chi connectivity index (χ3v) is 4.26. The van der Waals surface area contributed by atoms with Gasteiger partial charge in [-0.25, -0.2) is 4.79 Å². The lowest BCUT2D eigenvalue weighted by molar-refractivity contribution is 0.0697. The summed E-state index contributed by atoms with van der Waals surface area (Å²) >= 11 is 0. The molecule has 0 bridgehead atoms. The second-order valence-electron chi connectivity index (χ2n) is 4.25. The van der Waals surface area contributed by atoms with Crippen LogP contribution in [0.4, 0.5) is 5.69 Å². The molecule has 98 valence electrons. The van der Waals surface area contributed by atoms with Gasteiger partial charge in [0.2, 0.25) is 0 Å². The highest BCUT2D eigenvalue weighted by atomic mass is 32.2. The monoisotopic (exact) mass is 270 g/mol. The quantitative estimate of drug-likeness (QED) is 0.856. The van der Waals surface area contributed by atoms with Gasteiger partial charge in [0, 0.05) is 13.1 Å². The molecule has 2 rings (SSSR count). The molecule has 18 heavy (non-hydrogen) atoms. The normalized spacial score (nSPS) is 16.1. The lowest BCUT2D eigenvalue weighted by Crippen LogP contribution is -2.45. The number of carboxylic acids is 1. The molecule has 0 amide bonds. The Balaban J connectivity index is 2.26. The number of carboxylic acid groups (broad SMARTS) is 1. The van der Waals surface area contributed by atoms with Crippen LogP contribution in [0.2, 0.25) is 0 Å². The van der Waals surface area contributed by atoms with Gasteiger partial charge in [0.25, 0.3) is 0 Å². The Hall–Kier alpha value is -1.60. The number of rotatable bonds is 4. The van der Waals surface area contributed by atoms with Crippen molar-refractivity contribution in [1.29, 1.82) is 0 Å². The van der Waals surface area contributed by atoms with Gasteiger partial charge < -0.3 is 5.11 Å². The summed E-state index contributed by atoms with van der Waals surface area (Å²) in [6, 6.07) is 4.40. The first-order chi connectivity index (χ1) is 8.38. The zero-order chi connectivity index (χ0) is 13.3. The zero-order valence-electron chi connectivity index (χ0n) is 9.88. The summed E-state index contributed by atoms with van der Waals surface area (Å²) in [6.45, 7) is 2.73. The Morgan fingerprint density at radius 3 is 2.50 bits per heavy atom. The number of nitrogens with one attached hydrogen (secondary N) is 1. The van der Waals surface area contributed by atoms with E-state index in [9.17, 15) is 13.2 Å². The van der Waals surface area contributed by atoms with E-state index in [-0.39, 0.29) is 11.3 Å². The van der Waals surface area contributed by atoms with Gasteiger partial charge in [-0.15, -0.1) is 0 Å². The summed E-state index contributed by atoms with van der Waals surface area (Å²) < 4.78 is 27.4. The first-order valence-corrected chi connectivity index (χ1v) is 6.95. The maximum atomic E-state index is 11.8. The van der Waals surface area contributed by atoms with E-state index in [1.165, 1.54) is 16.4 Å². The number of benzene rings is 1. The third kappa shape index (κ3) is 2.62. The van der Waals surface area contributed by atoms with Gasteiger partial charge in [0.1, 0.15) is 0 Å². The molecule has 7 heteroatoms. The molecule has 1 aromatic rings. The summed E-state index contributed by atoms with van der Waals surface area (Å²) in [5.74, 6) is -1.08. The molecule has 0 radical (unpaired) electrons. The molecular formula is C11H14N2O4S. The van der Waals surface area contributed by atoms with Crippen molar-refractivity contribution in [2.24, 2.45) is 0 Å². The lowest BCUT2D eigenvalue weighted by atomic mass is 10.1. The summed E-state index contributed by atoms with van der Waals surface area (Å²) in [5.41, 5.74) is 1.03. The second-order valence-corrected chi connectivity index (χ2v) is 5.92. The van der Waals surface area contributed by atoms with E-state index in [1.54, 1.807) is 13.0 Å². The van der Waals surface area contributed by atoms with Gasteiger partial charge in [-0.05, 0) is 37.1 Å². The smallest absolute Gasteiger partial charge is 0.335 e. The maximum absolute atomic E-state index is 11.8. The van der Waals surface area contributed by atoms with Crippen LogP contribution in [0, 0.1) is 6.92 Å². The first-order valence-electron chi connectivity index (χ1n) is 5.51. The Morgan fingerprint density at radius 2 is 2.00 bits per heavy atom. The molecule has 0 atom stereocenters. The number of hydrogen-bond acceptors (Lipinski definition) is 3. The predicted octanol–water partition coefficient (Wildman–Crippen LogP) is 1.06. The molecule has 0 saturated carbocycles. The van der Waals surface area contributed by atoms with Crippen LogP contribution < -0.4 is 4.72 Å². The predicted molar refractivity (Wildman–Crippen MR) is 66.9 cm³/mol. The Kier molecular flexibility index (Phi) is 3.27. The number of aryl methyl sites for hydroxylation is 1. The largest absolute Gasteiger partial charge is 0.478 e. The number of anilines is 1. The van der Waals surface area contributed by atoms with Gasteiger partial charge in [0.15, 0.2) is 0 Å². The van der Waals surface area contributed by atoms with Crippen LogP contribution in [0.3, 0.4) is 0 Å². The molecule has 6 nitrogen and oxygen atoms in total. The first kappa shape index (κ1) is 12.8. The fourth-order valence-corrected chi connectivity index (χ4v) is 2.99. The second kappa shape index (κ2) is 4.58. The zero-order valence-corrected chi connectivity index (χ0v) is 10.7. The SMILES string of the molecule is Cc1cc(NS(=O)(=O)N2CCC2)cc(C(=O)O)c1. The minimum atomic E-state index is -3.55. The van der Waals surface area contributed by atoms with Crippen LogP contribution in [0.1, 0.15) is 22.3 Å². The van der Waals surface area contributed by atoms with Crippen LogP contribution in [0.25, 0.3) is 0 Å². The van der Waals surface area contributed by atoms with Crippen molar-refractivity contribution in [3.05, 3.63) is 29.3 Å². The van der Waals surface area contributed by atoms with Gasteiger partial charge >= 0.3 is 16.2 Å². The van der Waals surface area contributed by atoms with Crippen LogP contribution in [0.5, 0.6) is 0 Å². The molecular weight excluding hydrogens is 256 g/mol. The highest BCUT2D eigenvalue weighted by molar-refractivity contribution is 7.90. The minimum Gasteiger partial charge on any atom is -0.478 e. The van der Waals surface area contributed by atoms with Crippen LogP contribution in [-0.4, -0.2) is 36.9 Å². The molecule has 1 fully saturated rings. The molecule has 1 saturated heterocycles. The maximum Gasteiger partial charge on any atom is 0.335 e. The van der Waals surface area contributed by atoms with Crippen LogP contribution >= 0.6 is 0 Å². The van der Waals surface area contributed by atoms with Crippen molar-refractivity contribution in [3.63, 3.8) is 0 Å². The molecule has 0 unspecified atom stereocenters. The van der Waals surface area contributed by atoms with E-state index < -0.39 is 16.2 Å². The third-order valence-electron chi connectivity index (χ3n) is 2.73. The molecule has 0 aliphatic carbocycles. The van der Waals surface area contributed by atoms with Crippen molar-refractivity contribution in [2.45, 2.75) is 13.3 Å². The summed E-state index contributed by atoms with van der Waals surface area (Å²) in [5, 5.41) is 8.91. The summed E-state index contributed by atoms with van der Waals surface area (Å²) in [7, 11) is -3.55. The van der Waals surface area contributed by atoms with Gasteiger partial charge in [0.05, 0.1) is 11.3 Å². The topological polar surface area (TPSA) is 86.7 Å². The molecule has 0 aromatic heterocycles. The lowest BCUT2D eigenvalue weighted by Gasteiger charge is -2.29. The number of hydrogen-bond donors (Lipinski definition) is 2. The average Bonchev–Trinajstić information content (AvgIpc) is 2.11. The van der Waals surface area contributed by atoms with Crippen molar-refractivity contribution in [2.75, 3.05) is 17.8 Å². The summed E-state index contributed by atoms with van der Waals surface area (Å²) in [4.78, 5) is 10.9. The van der Waals surface area contributed by atoms with Crippen molar-refractivity contribution in [1.82, 2.24) is 4.31 Å². The van der Waals surface area contributed by atoms with E-state index in [2.05, 4.69) is 4.72 Å². The van der Waals surface area contributed by atoms with Gasteiger partial charge in [-0.1, -0.05) is 0 Å². The summed E-state index contributed by atoms with van der Waals surface area (Å²) in [6.07, 6.45) is 0.856. The van der Waals surface area contributed by atoms with Crippen molar-refractivity contribution >= 4 is 21.9 Å². The van der Waals surface area contributed by atoms with Crippen LogP contribution in [0.15, 0.2) is 18.2 Å². The standard InChI is InChI=1S/C11H14N2O4S/c1-8-5-9(11(14)15)7-10(6-8)12-18(16,17)13-3-2-4-13/h5-7,12H,2-4H2,1H3,(H,14,15). The minimum absolute atomic E-state index is 0.0660. The fourth-order valence-electron chi connectivity index (χ4n) is 1.71. The Labute approximate surface area is 105 Å². The van der Waals surface area contributed by atoms with E-state index in [0.29, 0.717) is 18.7 Å². The number of aromatic carboxylic acids is 1. The van der Waals surface area contributed by atoms with E-state index >= 15 is 0 Å². The van der Waals surface area contributed by atoms with Crippen LogP contribution in [-0.2, 0) is 10.2 Å². The molecule has 1 aliphatic rings. The molecule has 1 aliphatic heterocycles. The Morgan fingerprint density at radius 1 is 1.33 bits per heavy atom. The molecule has 0 spiro atoms. The van der Waals surface area contributed by atoms with Crippen molar-refractivity contribution in [3.8, 4) is 0 Å². The van der Waals surface area contributed by atoms with E-state index in [4.69, 9.17) is 5.11 Å². The molecule has 1 heterocycles. The molecule has 2 N–H and O–H groups in total. The highest BCUT2D eigenvalue weighted by Gasteiger charge is 2.27. The highest BCUT2D eigenvalue weighted by Crippen LogP contribution is 2.19. The van der Waals surface area contributed by atoms with Gasteiger partial charge in [-0.2, -0.15) is 12.7 Å². The molecule has 1 aromatic carbocycles. The number of nitrogens with zero attached hydrogens (tertiary/aromatic N) is 1. The van der Waals surface area contributed by atoms with E-state index in [0.717, 1.165) is 6.42 Å². The van der Waals surface area contributed by atoms with E-state index in [1.807, 2.05) is 0 Å². The Bertz CT molecular complexity index is 579. The van der Waals surface area contributed by atoms with Gasteiger partial charge in [-0.3, -0.25) is 4.72 Å². The average molecular weight is 270 g/mol. The fraction of sp³-hybridized carbons (Fsp3) is 0.364. The number of carbonyl (C=O) groups is 1. The van der Waals surface area contributed by atoms with Crippen molar-refractivity contribution < 1.29 is 18.3 Å².